The van der Waals surface area contributed by atoms with E-state index >= 15 is 0 Å². The molecular formula is C13H19NO3. The minimum atomic E-state index is -0.805. The standard InChI is InChI=1S/C13H19NO3/c1-4-10(13(15)16)14(5-2)11-8-6-7-9-12(11)17-3/h6-10H,4-5H2,1-3H3,(H,15,16)/t10-/m0/s1. The van der Waals surface area contributed by atoms with Crippen LogP contribution in [0.4, 0.5) is 5.69 Å². The molecule has 1 aromatic rings. The highest BCUT2D eigenvalue weighted by atomic mass is 16.5. The van der Waals surface area contributed by atoms with Gasteiger partial charge in [-0.25, -0.2) is 4.79 Å². The molecule has 0 aliphatic rings. The number of hydrogen-bond donors (Lipinski definition) is 1. The van der Waals surface area contributed by atoms with E-state index < -0.39 is 12.0 Å². The van der Waals surface area contributed by atoms with Crippen molar-refractivity contribution >= 4 is 11.7 Å². The molecule has 0 aromatic heterocycles. The van der Waals surface area contributed by atoms with E-state index in [2.05, 4.69) is 0 Å². The van der Waals surface area contributed by atoms with Crippen LogP contribution in [-0.4, -0.2) is 30.8 Å². The Morgan fingerprint density at radius 3 is 2.53 bits per heavy atom. The average molecular weight is 237 g/mol. The number of anilines is 1. The van der Waals surface area contributed by atoms with Gasteiger partial charge in [0.05, 0.1) is 12.8 Å². The zero-order chi connectivity index (χ0) is 12.8. The first-order valence-electron chi connectivity index (χ1n) is 5.78. The Hall–Kier alpha value is -1.71. The highest BCUT2D eigenvalue weighted by Gasteiger charge is 2.24. The molecule has 1 aromatic carbocycles. The van der Waals surface area contributed by atoms with Crippen molar-refractivity contribution in [3.8, 4) is 5.75 Å². The van der Waals surface area contributed by atoms with Crippen LogP contribution < -0.4 is 9.64 Å². The van der Waals surface area contributed by atoms with Gasteiger partial charge >= 0.3 is 5.97 Å². The average Bonchev–Trinajstić information content (AvgIpc) is 2.35. The van der Waals surface area contributed by atoms with Gasteiger partial charge in [0.15, 0.2) is 0 Å². The summed E-state index contributed by atoms with van der Waals surface area (Å²) >= 11 is 0. The minimum absolute atomic E-state index is 0.517. The first-order valence-corrected chi connectivity index (χ1v) is 5.78. The Morgan fingerprint density at radius 1 is 1.41 bits per heavy atom. The minimum Gasteiger partial charge on any atom is -0.495 e. The van der Waals surface area contributed by atoms with Crippen molar-refractivity contribution < 1.29 is 14.6 Å². The quantitative estimate of drug-likeness (QED) is 0.825. The number of carboxylic acids is 1. The fourth-order valence-electron chi connectivity index (χ4n) is 1.95. The number of ether oxygens (including phenoxy) is 1. The Morgan fingerprint density at radius 2 is 2.06 bits per heavy atom. The highest BCUT2D eigenvalue weighted by molar-refractivity contribution is 5.79. The number of carboxylic acid groups (broad SMARTS) is 1. The molecule has 0 heterocycles. The largest absolute Gasteiger partial charge is 0.495 e. The summed E-state index contributed by atoms with van der Waals surface area (Å²) in [6, 6.07) is 6.96. The smallest absolute Gasteiger partial charge is 0.326 e. The molecule has 0 radical (unpaired) electrons. The number of aliphatic carboxylic acids is 1. The molecule has 4 nitrogen and oxygen atoms in total. The van der Waals surface area contributed by atoms with Crippen LogP contribution in [0.2, 0.25) is 0 Å². The first-order chi connectivity index (χ1) is 8.15. The maximum absolute atomic E-state index is 11.2. The molecule has 0 saturated heterocycles. The Labute approximate surface area is 102 Å². The molecule has 1 rings (SSSR count). The van der Waals surface area contributed by atoms with Crippen LogP contribution >= 0.6 is 0 Å². The number of likely N-dealkylation sites (N-methyl/N-ethyl adjacent to an activating group) is 1. The molecule has 1 atom stereocenters. The van der Waals surface area contributed by atoms with E-state index in [0.717, 1.165) is 5.69 Å². The van der Waals surface area contributed by atoms with Crippen molar-refractivity contribution in [3.05, 3.63) is 24.3 Å². The molecular weight excluding hydrogens is 218 g/mol. The van der Waals surface area contributed by atoms with Crippen LogP contribution in [0.15, 0.2) is 24.3 Å². The topological polar surface area (TPSA) is 49.8 Å². The van der Waals surface area contributed by atoms with Crippen molar-refractivity contribution in [2.24, 2.45) is 0 Å². The van der Waals surface area contributed by atoms with Gasteiger partial charge in [0.1, 0.15) is 11.8 Å². The summed E-state index contributed by atoms with van der Waals surface area (Å²) in [6.07, 6.45) is 0.557. The zero-order valence-electron chi connectivity index (χ0n) is 10.5. The number of carbonyl (C=O) groups is 1. The van der Waals surface area contributed by atoms with Gasteiger partial charge in [-0.1, -0.05) is 19.1 Å². The van der Waals surface area contributed by atoms with Crippen LogP contribution in [0.1, 0.15) is 20.3 Å². The third-order valence-electron chi connectivity index (χ3n) is 2.78. The Balaban J connectivity index is 3.12. The number of rotatable bonds is 6. The van der Waals surface area contributed by atoms with E-state index in [1.807, 2.05) is 43.0 Å². The van der Waals surface area contributed by atoms with E-state index in [1.54, 1.807) is 7.11 Å². The van der Waals surface area contributed by atoms with Crippen molar-refractivity contribution in [1.29, 1.82) is 0 Å². The fourth-order valence-corrected chi connectivity index (χ4v) is 1.95. The molecule has 0 saturated carbocycles. The Kier molecular flexibility index (Phi) is 4.82. The van der Waals surface area contributed by atoms with Gasteiger partial charge in [-0.2, -0.15) is 0 Å². The second-order valence-corrected chi connectivity index (χ2v) is 3.72. The molecule has 1 N–H and O–H groups in total. The lowest BCUT2D eigenvalue weighted by atomic mass is 10.1. The van der Waals surface area contributed by atoms with E-state index in [9.17, 15) is 9.90 Å². The van der Waals surface area contributed by atoms with Gasteiger partial charge in [-0.15, -0.1) is 0 Å². The van der Waals surface area contributed by atoms with Gasteiger partial charge < -0.3 is 14.7 Å². The number of para-hydroxylation sites is 2. The summed E-state index contributed by atoms with van der Waals surface area (Å²) in [4.78, 5) is 13.1. The number of benzene rings is 1. The SMILES string of the molecule is CC[C@@H](C(=O)O)N(CC)c1ccccc1OC. The summed E-state index contributed by atoms with van der Waals surface area (Å²) in [7, 11) is 1.59. The summed E-state index contributed by atoms with van der Waals surface area (Å²) in [5, 5.41) is 9.22. The lowest BCUT2D eigenvalue weighted by Gasteiger charge is -2.30. The number of methoxy groups -OCH3 is 1. The maximum Gasteiger partial charge on any atom is 0.326 e. The molecule has 0 aliphatic carbocycles. The zero-order valence-corrected chi connectivity index (χ0v) is 10.5. The second kappa shape index (κ2) is 6.13. The molecule has 0 aliphatic heterocycles. The summed E-state index contributed by atoms with van der Waals surface area (Å²) in [6.45, 7) is 4.44. The van der Waals surface area contributed by atoms with Gasteiger partial charge in [0.25, 0.3) is 0 Å². The third-order valence-corrected chi connectivity index (χ3v) is 2.78. The molecule has 0 amide bonds. The van der Waals surface area contributed by atoms with E-state index in [1.165, 1.54) is 0 Å². The summed E-state index contributed by atoms with van der Waals surface area (Å²) in [5.41, 5.74) is 0.826. The Bertz CT molecular complexity index is 379. The lowest BCUT2D eigenvalue weighted by molar-refractivity contribution is -0.138. The fraction of sp³-hybridized carbons (Fsp3) is 0.462. The molecule has 0 spiro atoms. The summed E-state index contributed by atoms with van der Waals surface area (Å²) < 4.78 is 5.27. The van der Waals surface area contributed by atoms with Gasteiger partial charge in [-0.3, -0.25) is 0 Å². The molecule has 94 valence electrons. The van der Waals surface area contributed by atoms with E-state index in [0.29, 0.717) is 18.7 Å². The van der Waals surface area contributed by atoms with E-state index in [-0.39, 0.29) is 0 Å². The van der Waals surface area contributed by atoms with Crippen LogP contribution in [-0.2, 0) is 4.79 Å². The lowest BCUT2D eigenvalue weighted by Crippen LogP contribution is -2.41. The monoisotopic (exact) mass is 237 g/mol. The molecule has 0 bridgehead atoms. The third kappa shape index (κ3) is 2.90. The maximum atomic E-state index is 11.2. The molecule has 4 heteroatoms. The molecule has 0 unspecified atom stereocenters. The van der Waals surface area contributed by atoms with Gasteiger partial charge in [0, 0.05) is 6.54 Å². The first kappa shape index (κ1) is 13.4. The normalized spacial score (nSPS) is 11.9. The van der Waals surface area contributed by atoms with Crippen LogP contribution in [0.3, 0.4) is 0 Å². The van der Waals surface area contributed by atoms with Crippen molar-refractivity contribution in [1.82, 2.24) is 0 Å². The molecule has 17 heavy (non-hydrogen) atoms. The number of hydrogen-bond acceptors (Lipinski definition) is 3. The van der Waals surface area contributed by atoms with Gasteiger partial charge in [0.2, 0.25) is 0 Å². The van der Waals surface area contributed by atoms with Crippen LogP contribution in [0.25, 0.3) is 0 Å². The predicted octanol–water partition coefficient (Wildman–Crippen LogP) is 2.38. The van der Waals surface area contributed by atoms with Crippen LogP contribution in [0, 0.1) is 0 Å². The number of nitrogens with zero attached hydrogens (tertiary/aromatic N) is 1. The van der Waals surface area contributed by atoms with Crippen LogP contribution in [0.5, 0.6) is 5.75 Å². The van der Waals surface area contributed by atoms with Crippen molar-refractivity contribution in [3.63, 3.8) is 0 Å². The molecule has 0 fully saturated rings. The predicted molar refractivity (Wildman–Crippen MR) is 67.7 cm³/mol. The van der Waals surface area contributed by atoms with Crippen molar-refractivity contribution in [2.75, 3.05) is 18.6 Å². The van der Waals surface area contributed by atoms with Crippen molar-refractivity contribution in [2.45, 2.75) is 26.3 Å². The van der Waals surface area contributed by atoms with Gasteiger partial charge in [-0.05, 0) is 25.5 Å². The summed E-state index contributed by atoms with van der Waals surface area (Å²) in [5.74, 6) is -0.102. The highest BCUT2D eigenvalue weighted by Crippen LogP contribution is 2.29. The second-order valence-electron chi connectivity index (χ2n) is 3.72. The van der Waals surface area contributed by atoms with E-state index in [4.69, 9.17) is 4.74 Å².